The number of para-hydroxylation sites is 1. The summed E-state index contributed by atoms with van der Waals surface area (Å²) >= 11 is 0. The van der Waals surface area contributed by atoms with Crippen molar-refractivity contribution >= 4 is 23.0 Å². The largest absolute Gasteiger partial charge is 0.393 e. The second kappa shape index (κ2) is 8.44. The van der Waals surface area contributed by atoms with Gasteiger partial charge in [-0.1, -0.05) is 78.9 Å². The molecule has 4 N–H and O–H groups in total. The summed E-state index contributed by atoms with van der Waals surface area (Å²) in [5.74, 6) is 1.17. The number of aryl methyl sites for hydroxylation is 1. The lowest BCUT2D eigenvalue weighted by molar-refractivity contribution is 0.924. The highest BCUT2D eigenvalue weighted by atomic mass is 15.1. The number of nitrogens with zero attached hydrogens (tertiary/aromatic N) is 2. The summed E-state index contributed by atoms with van der Waals surface area (Å²) in [6, 6.07) is 28.4. The molecule has 0 aliphatic carbocycles. The minimum Gasteiger partial charge on any atom is -0.393 e. The number of hydrogen-bond donors (Lipinski definition) is 3. The molecule has 1 heterocycles. The van der Waals surface area contributed by atoms with Crippen molar-refractivity contribution in [2.75, 3.05) is 16.4 Å². The van der Waals surface area contributed by atoms with Gasteiger partial charge in [0.05, 0.1) is 6.04 Å². The maximum Gasteiger partial charge on any atom is 0.159 e. The molecule has 0 fully saturated rings. The first-order valence-corrected chi connectivity index (χ1v) is 9.52. The fourth-order valence-electron chi connectivity index (χ4n) is 3.24. The Bertz CT molecular complexity index is 1040. The third-order valence-electron chi connectivity index (χ3n) is 4.83. The first kappa shape index (κ1) is 18.5. The fourth-order valence-corrected chi connectivity index (χ4v) is 3.24. The summed E-state index contributed by atoms with van der Waals surface area (Å²) in [7, 11) is 0. The molecule has 29 heavy (non-hydrogen) atoms. The molecule has 5 heteroatoms. The lowest BCUT2D eigenvalue weighted by Crippen LogP contribution is -2.15. The first-order chi connectivity index (χ1) is 14.2. The molecule has 0 amide bonds. The molecule has 0 spiro atoms. The van der Waals surface area contributed by atoms with Crippen molar-refractivity contribution in [2.45, 2.75) is 13.0 Å². The van der Waals surface area contributed by atoms with E-state index in [1.54, 1.807) is 0 Å². The quantitative estimate of drug-likeness (QED) is 0.422. The first-order valence-electron chi connectivity index (χ1n) is 9.52. The number of aromatic nitrogens is 2. The van der Waals surface area contributed by atoms with Crippen molar-refractivity contribution < 1.29 is 0 Å². The lowest BCUT2D eigenvalue weighted by atomic mass is 9.99. The Morgan fingerprint density at radius 1 is 0.724 bits per heavy atom. The van der Waals surface area contributed by atoms with Crippen molar-refractivity contribution in [2.24, 2.45) is 0 Å². The van der Waals surface area contributed by atoms with E-state index >= 15 is 0 Å². The zero-order valence-corrected chi connectivity index (χ0v) is 16.2. The van der Waals surface area contributed by atoms with Crippen LogP contribution in [0, 0.1) is 6.92 Å². The monoisotopic (exact) mass is 381 g/mol. The van der Waals surface area contributed by atoms with Crippen molar-refractivity contribution in [3.8, 4) is 0 Å². The Morgan fingerprint density at radius 2 is 1.28 bits per heavy atom. The van der Waals surface area contributed by atoms with Gasteiger partial charge in [-0.3, -0.25) is 0 Å². The highest BCUT2D eigenvalue weighted by Crippen LogP contribution is 2.32. The van der Waals surface area contributed by atoms with Gasteiger partial charge in [-0.2, -0.15) is 0 Å². The maximum absolute atomic E-state index is 6.44. The molecule has 3 aromatic carbocycles. The summed E-state index contributed by atoms with van der Waals surface area (Å²) in [5, 5.41) is 6.82. The van der Waals surface area contributed by atoms with E-state index < -0.39 is 0 Å². The SMILES string of the molecule is Cc1ccccc1Nc1ncnc(NC(c2ccccc2)c2ccccc2)c1N. The van der Waals surface area contributed by atoms with E-state index in [0.29, 0.717) is 17.3 Å². The number of benzene rings is 3. The predicted molar refractivity (Wildman–Crippen MR) is 119 cm³/mol. The Morgan fingerprint density at radius 3 is 1.90 bits per heavy atom. The number of rotatable bonds is 6. The van der Waals surface area contributed by atoms with E-state index in [-0.39, 0.29) is 6.04 Å². The standard InChI is InChI=1S/C24H23N5/c1-17-10-8-9-15-20(17)28-23-21(25)24(27-16-26-23)29-22(18-11-4-2-5-12-18)19-13-6-3-7-14-19/h2-16,22H,25H2,1H3,(H2,26,27,28,29). The molecular formula is C24H23N5. The van der Waals surface area contributed by atoms with Gasteiger partial charge < -0.3 is 16.4 Å². The normalized spacial score (nSPS) is 10.7. The summed E-state index contributed by atoms with van der Waals surface area (Å²) < 4.78 is 0. The maximum atomic E-state index is 6.44. The van der Waals surface area contributed by atoms with E-state index in [9.17, 15) is 0 Å². The topological polar surface area (TPSA) is 75.9 Å². The molecule has 4 rings (SSSR count). The van der Waals surface area contributed by atoms with Gasteiger partial charge in [0.1, 0.15) is 12.0 Å². The molecule has 0 aliphatic heterocycles. The van der Waals surface area contributed by atoms with Crippen molar-refractivity contribution in [3.63, 3.8) is 0 Å². The molecule has 4 aromatic rings. The highest BCUT2D eigenvalue weighted by Gasteiger charge is 2.17. The second-order valence-corrected chi connectivity index (χ2v) is 6.82. The summed E-state index contributed by atoms with van der Waals surface area (Å²) in [6.07, 6.45) is 1.52. The van der Waals surface area contributed by atoms with Crippen LogP contribution >= 0.6 is 0 Å². The predicted octanol–water partition coefficient (Wildman–Crippen LogP) is 5.31. The lowest BCUT2D eigenvalue weighted by Gasteiger charge is -2.22. The molecule has 1 aromatic heterocycles. The van der Waals surface area contributed by atoms with Crippen molar-refractivity contribution in [1.29, 1.82) is 0 Å². The molecule has 144 valence electrons. The molecule has 0 bridgehead atoms. The van der Waals surface area contributed by atoms with Crippen molar-refractivity contribution in [3.05, 3.63) is 108 Å². The summed E-state index contributed by atoms with van der Waals surface area (Å²) in [6.45, 7) is 2.04. The average molecular weight is 381 g/mol. The molecule has 0 saturated carbocycles. The van der Waals surface area contributed by atoms with Crippen LogP contribution < -0.4 is 16.4 Å². The van der Waals surface area contributed by atoms with Crippen LogP contribution in [-0.4, -0.2) is 9.97 Å². The van der Waals surface area contributed by atoms with Crippen LogP contribution in [0.3, 0.4) is 0 Å². The van der Waals surface area contributed by atoms with E-state index in [4.69, 9.17) is 5.73 Å². The summed E-state index contributed by atoms with van der Waals surface area (Å²) in [4.78, 5) is 8.75. The van der Waals surface area contributed by atoms with Crippen LogP contribution in [0.2, 0.25) is 0 Å². The van der Waals surface area contributed by atoms with Gasteiger partial charge in [0, 0.05) is 5.69 Å². The van der Waals surface area contributed by atoms with E-state index in [0.717, 1.165) is 22.4 Å². The molecule has 0 unspecified atom stereocenters. The average Bonchev–Trinajstić information content (AvgIpc) is 2.77. The smallest absolute Gasteiger partial charge is 0.159 e. The van der Waals surface area contributed by atoms with Crippen LogP contribution in [-0.2, 0) is 0 Å². The molecular weight excluding hydrogens is 358 g/mol. The van der Waals surface area contributed by atoms with E-state index in [2.05, 4.69) is 44.9 Å². The van der Waals surface area contributed by atoms with Gasteiger partial charge in [-0.25, -0.2) is 9.97 Å². The van der Waals surface area contributed by atoms with Crippen LogP contribution in [0.4, 0.5) is 23.0 Å². The zero-order valence-electron chi connectivity index (χ0n) is 16.2. The highest BCUT2D eigenvalue weighted by molar-refractivity contribution is 5.78. The third kappa shape index (κ3) is 4.19. The minimum atomic E-state index is -0.0825. The van der Waals surface area contributed by atoms with Gasteiger partial charge in [0.2, 0.25) is 0 Å². The van der Waals surface area contributed by atoms with Crippen LogP contribution in [0.5, 0.6) is 0 Å². The fraction of sp³-hybridized carbons (Fsp3) is 0.0833. The number of nitrogens with one attached hydrogen (secondary N) is 2. The second-order valence-electron chi connectivity index (χ2n) is 6.82. The Balaban J connectivity index is 1.67. The summed E-state index contributed by atoms with van der Waals surface area (Å²) in [5.41, 5.74) is 11.3. The Kier molecular flexibility index (Phi) is 5.38. The molecule has 0 aliphatic rings. The number of nitrogen functional groups attached to an aromatic ring is 1. The van der Waals surface area contributed by atoms with Gasteiger partial charge >= 0.3 is 0 Å². The molecule has 5 nitrogen and oxygen atoms in total. The number of anilines is 4. The number of nitrogens with two attached hydrogens (primary N) is 1. The third-order valence-corrected chi connectivity index (χ3v) is 4.83. The number of hydrogen-bond acceptors (Lipinski definition) is 5. The van der Waals surface area contributed by atoms with E-state index in [1.165, 1.54) is 6.33 Å². The van der Waals surface area contributed by atoms with Crippen LogP contribution in [0.15, 0.2) is 91.3 Å². The van der Waals surface area contributed by atoms with Crippen LogP contribution in [0.25, 0.3) is 0 Å². The van der Waals surface area contributed by atoms with E-state index in [1.807, 2.05) is 67.6 Å². The van der Waals surface area contributed by atoms with Gasteiger partial charge in [0.25, 0.3) is 0 Å². The molecule has 0 saturated heterocycles. The Hall–Kier alpha value is -3.86. The minimum absolute atomic E-state index is 0.0825. The molecule has 0 radical (unpaired) electrons. The Labute approximate surface area is 170 Å². The van der Waals surface area contributed by atoms with Crippen LogP contribution in [0.1, 0.15) is 22.7 Å². The van der Waals surface area contributed by atoms with Gasteiger partial charge in [-0.15, -0.1) is 0 Å². The van der Waals surface area contributed by atoms with Gasteiger partial charge in [-0.05, 0) is 29.7 Å². The van der Waals surface area contributed by atoms with Crippen molar-refractivity contribution in [1.82, 2.24) is 9.97 Å². The van der Waals surface area contributed by atoms with Gasteiger partial charge in [0.15, 0.2) is 11.6 Å². The molecule has 0 atom stereocenters. The zero-order chi connectivity index (χ0) is 20.1.